The number of benzene rings is 2. The summed E-state index contributed by atoms with van der Waals surface area (Å²) in [4.78, 5) is 28.2. The highest BCUT2D eigenvalue weighted by atomic mass is 19.3. The number of aromatic nitrogens is 2. The minimum absolute atomic E-state index is 0.0311. The number of hydrogen-bond donors (Lipinski definition) is 2. The molecule has 0 radical (unpaired) electrons. The summed E-state index contributed by atoms with van der Waals surface area (Å²) in [5.41, 5.74) is 5.18. The Morgan fingerprint density at radius 1 is 1.07 bits per heavy atom. The van der Waals surface area contributed by atoms with Crippen LogP contribution in [0.15, 0.2) is 36.4 Å². The number of halogens is 2. The summed E-state index contributed by atoms with van der Waals surface area (Å²) >= 11 is 0. The van der Waals surface area contributed by atoms with E-state index in [1.165, 1.54) is 15.8 Å². The number of alkyl halides is 2. The predicted octanol–water partition coefficient (Wildman–Crippen LogP) is 3.09. The maximum absolute atomic E-state index is 13.5. The van der Waals surface area contributed by atoms with Crippen molar-refractivity contribution in [2.24, 2.45) is 0 Å². The molecule has 2 aromatic carbocycles. The van der Waals surface area contributed by atoms with Crippen LogP contribution in [0.3, 0.4) is 0 Å². The number of carbonyl (C=O) groups is 2. The van der Waals surface area contributed by atoms with E-state index in [1.807, 2.05) is 44.0 Å². The fourth-order valence-electron chi connectivity index (χ4n) is 5.20. The topological polar surface area (TPSA) is 85.7 Å². The van der Waals surface area contributed by atoms with E-state index in [2.05, 4.69) is 27.9 Å². The average molecular weight is 556 g/mol. The first-order valence-electron chi connectivity index (χ1n) is 13.8. The van der Waals surface area contributed by atoms with Gasteiger partial charge in [0.05, 0.1) is 18.6 Å². The van der Waals surface area contributed by atoms with Gasteiger partial charge in [0, 0.05) is 50.0 Å². The molecule has 11 heteroatoms. The van der Waals surface area contributed by atoms with E-state index in [4.69, 9.17) is 0 Å². The van der Waals surface area contributed by atoms with Gasteiger partial charge in [-0.3, -0.25) is 19.3 Å². The van der Waals surface area contributed by atoms with E-state index in [-0.39, 0.29) is 24.9 Å². The molecule has 3 aromatic rings. The van der Waals surface area contributed by atoms with Crippen molar-refractivity contribution in [2.75, 3.05) is 44.7 Å². The number of nitrogens with one attached hydrogen (secondary N) is 2. The molecule has 0 saturated heterocycles. The monoisotopic (exact) mass is 555 g/mol. The third-order valence-corrected chi connectivity index (χ3v) is 7.30. The fraction of sp³-hybridized carbons (Fsp3) is 0.483. The Kier molecular flexibility index (Phi) is 9.70. The number of anilines is 1. The molecule has 1 aliphatic heterocycles. The Bertz CT molecular complexity index is 1320. The molecule has 0 saturated carbocycles. The van der Waals surface area contributed by atoms with Crippen molar-refractivity contribution in [1.29, 1.82) is 0 Å². The van der Waals surface area contributed by atoms with Crippen molar-refractivity contribution in [1.82, 2.24) is 30.4 Å². The number of hydrazine groups is 1. The summed E-state index contributed by atoms with van der Waals surface area (Å²) in [7, 11) is 1.75. The van der Waals surface area contributed by atoms with Crippen molar-refractivity contribution in [3.63, 3.8) is 0 Å². The van der Waals surface area contributed by atoms with E-state index >= 15 is 0 Å². The average Bonchev–Trinajstić information content (AvgIpc) is 3.50. The van der Waals surface area contributed by atoms with Crippen molar-refractivity contribution >= 4 is 28.4 Å². The molecule has 2 N–H and O–H groups in total. The van der Waals surface area contributed by atoms with Gasteiger partial charge in [-0.15, -0.1) is 0 Å². The number of carbonyl (C=O) groups excluding carboxylic acids is 2. The number of likely N-dealkylation sites (N-methyl/N-ethyl adjacent to an activating group) is 2. The first-order valence-corrected chi connectivity index (χ1v) is 13.8. The molecule has 9 nitrogen and oxygen atoms in total. The number of amides is 2. The SMILES string of the molecule is CCNCCNC(=O)CN(CC(=O)N(C)N1Cc2ccccc2C1)c1cc2nn(CC(F)F)c(CC)c2cc1C. The lowest BCUT2D eigenvalue weighted by Gasteiger charge is -2.32. The highest BCUT2D eigenvalue weighted by Crippen LogP contribution is 2.30. The van der Waals surface area contributed by atoms with Gasteiger partial charge >= 0.3 is 0 Å². The van der Waals surface area contributed by atoms with Gasteiger partial charge < -0.3 is 15.5 Å². The molecule has 0 aliphatic carbocycles. The van der Waals surface area contributed by atoms with Gasteiger partial charge in [-0.2, -0.15) is 5.10 Å². The van der Waals surface area contributed by atoms with Crippen molar-refractivity contribution < 1.29 is 18.4 Å². The summed E-state index contributed by atoms with van der Waals surface area (Å²) < 4.78 is 27.8. The highest BCUT2D eigenvalue weighted by Gasteiger charge is 2.27. The highest BCUT2D eigenvalue weighted by molar-refractivity contribution is 5.91. The Morgan fingerprint density at radius 3 is 2.40 bits per heavy atom. The minimum atomic E-state index is -2.52. The lowest BCUT2D eigenvalue weighted by molar-refractivity contribution is -0.145. The minimum Gasteiger partial charge on any atom is -0.353 e. The zero-order chi connectivity index (χ0) is 28.8. The molecule has 40 heavy (non-hydrogen) atoms. The molecule has 0 bridgehead atoms. The molecule has 0 spiro atoms. The van der Waals surface area contributed by atoms with E-state index < -0.39 is 13.0 Å². The Morgan fingerprint density at radius 2 is 1.77 bits per heavy atom. The Hall–Kier alpha value is -3.57. The molecular weight excluding hydrogens is 516 g/mol. The summed E-state index contributed by atoms with van der Waals surface area (Å²) in [6.45, 7) is 8.46. The van der Waals surface area contributed by atoms with Crippen LogP contribution in [0, 0.1) is 6.92 Å². The maximum atomic E-state index is 13.5. The first kappa shape index (κ1) is 29.4. The standard InChI is InChI=1S/C29H39F2N7O2/c1-5-25-23-13-20(3)26(14-24(23)34-38(25)17-27(30)31)36(18-28(39)33-12-11-32-6-2)19-29(40)35(4)37-15-21-9-7-8-10-22(21)16-37/h7-10,13-14,27,32H,5-6,11-12,15-19H2,1-4H3,(H,33,39). The second-order valence-electron chi connectivity index (χ2n) is 10.1. The van der Waals surface area contributed by atoms with Gasteiger partial charge in [0.25, 0.3) is 12.3 Å². The zero-order valence-corrected chi connectivity index (χ0v) is 23.7. The third kappa shape index (κ3) is 6.76. The quantitative estimate of drug-likeness (QED) is 0.316. The van der Waals surface area contributed by atoms with E-state index in [1.54, 1.807) is 23.0 Å². The van der Waals surface area contributed by atoms with Crippen LogP contribution in [0.5, 0.6) is 0 Å². The van der Waals surface area contributed by atoms with Crippen LogP contribution < -0.4 is 15.5 Å². The molecule has 1 aromatic heterocycles. The van der Waals surface area contributed by atoms with Gasteiger partial charge in [0.1, 0.15) is 6.54 Å². The van der Waals surface area contributed by atoms with Crippen LogP contribution in [0.25, 0.3) is 10.9 Å². The van der Waals surface area contributed by atoms with E-state index in [0.29, 0.717) is 43.8 Å². The van der Waals surface area contributed by atoms with Crippen LogP contribution in [-0.4, -0.2) is 77.8 Å². The molecule has 2 heterocycles. The van der Waals surface area contributed by atoms with Crippen molar-refractivity contribution in [2.45, 2.75) is 53.3 Å². The zero-order valence-electron chi connectivity index (χ0n) is 23.7. The number of aryl methyl sites for hydroxylation is 2. The lowest BCUT2D eigenvalue weighted by atomic mass is 10.1. The van der Waals surface area contributed by atoms with Crippen LogP contribution in [0.4, 0.5) is 14.5 Å². The van der Waals surface area contributed by atoms with Crippen LogP contribution >= 0.6 is 0 Å². The largest absolute Gasteiger partial charge is 0.353 e. The van der Waals surface area contributed by atoms with Crippen LogP contribution in [0.2, 0.25) is 0 Å². The molecule has 0 fully saturated rings. The van der Waals surface area contributed by atoms with E-state index in [0.717, 1.165) is 23.2 Å². The summed E-state index contributed by atoms with van der Waals surface area (Å²) in [6, 6.07) is 11.8. The summed E-state index contributed by atoms with van der Waals surface area (Å²) in [5.74, 6) is -0.371. The molecule has 216 valence electrons. The summed E-state index contributed by atoms with van der Waals surface area (Å²) in [5, 5.41) is 14.9. The second-order valence-corrected chi connectivity index (χ2v) is 10.1. The number of hydrogen-bond acceptors (Lipinski definition) is 6. The second kappa shape index (κ2) is 13.2. The Labute approximate surface area is 234 Å². The molecule has 2 amide bonds. The molecule has 0 unspecified atom stereocenters. The maximum Gasteiger partial charge on any atom is 0.257 e. The fourth-order valence-corrected chi connectivity index (χ4v) is 5.20. The van der Waals surface area contributed by atoms with Crippen LogP contribution in [0.1, 0.15) is 36.2 Å². The van der Waals surface area contributed by atoms with Gasteiger partial charge in [0.2, 0.25) is 5.91 Å². The van der Waals surface area contributed by atoms with Gasteiger partial charge in [-0.25, -0.2) is 13.8 Å². The molecule has 0 atom stereocenters. The normalized spacial score (nSPS) is 13.2. The predicted molar refractivity (Wildman–Crippen MR) is 152 cm³/mol. The van der Waals surface area contributed by atoms with Crippen LogP contribution in [-0.2, 0) is 35.6 Å². The molecule has 4 rings (SSSR count). The van der Waals surface area contributed by atoms with Gasteiger partial charge in [-0.1, -0.05) is 38.1 Å². The van der Waals surface area contributed by atoms with Crippen molar-refractivity contribution in [3.05, 3.63) is 58.8 Å². The summed E-state index contributed by atoms with van der Waals surface area (Å²) in [6.07, 6.45) is -1.96. The molecular formula is C29H39F2N7O2. The smallest absolute Gasteiger partial charge is 0.257 e. The van der Waals surface area contributed by atoms with E-state index in [9.17, 15) is 18.4 Å². The van der Waals surface area contributed by atoms with Crippen molar-refractivity contribution in [3.8, 4) is 0 Å². The third-order valence-electron chi connectivity index (χ3n) is 7.30. The van der Waals surface area contributed by atoms with Gasteiger partial charge in [0.15, 0.2) is 0 Å². The number of fused-ring (bicyclic) bond motifs is 2. The first-order chi connectivity index (χ1) is 19.2. The van der Waals surface area contributed by atoms with Gasteiger partial charge in [-0.05, 0) is 48.7 Å². The molecule has 1 aliphatic rings. The Balaban J connectivity index is 1.59. The number of nitrogens with zero attached hydrogens (tertiary/aromatic N) is 5. The lowest BCUT2D eigenvalue weighted by Crippen LogP contribution is -2.48. The number of rotatable bonds is 13.